The number of carbonyl (C=O) groups is 1. The second-order valence-corrected chi connectivity index (χ2v) is 4.71. The van der Waals surface area contributed by atoms with Crippen molar-refractivity contribution in [3.05, 3.63) is 30.5 Å². The molecule has 0 bridgehead atoms. The van der Waals surface area contributed by atoms with Gasteiger partial charge < -0.3 is 16.4 Å². The zero-order chi connectivity index (χ0) is 13.8. The Kier molecular flexibility index (Phi) is 3.85. The topological polar surface area (TPSA) is 80.0 Å². The molecule has 0 fully saturated rings. The molecule has 0 aliphatic heterocycles. The van der Waals surface area contributed by atoms with Crippen molar-refractivity contribution in [2.24, 2.45) is 0 Å². The van der Waals surface area contributed by atoms with E-state index in [1.807, 2.05) is 38.1 Å². The van der Waals surface area contributed by atoms with E-state index in [4.69, 9.17) is 5.73 Å². The number of carbonyl (C=O) groups excluding carboxylic acids is 1. The number of hydrogen-bond acceptors (Lipinski definition) is 4. The summed E-state index contributed by atoms with van der Waals surface area (Å²) in [5.41, 5.74) is 8.09. The van der Waals surface area contributed by atoms with Crippen LogP contribution in [0.4, 0.5) is 11.4 Å². The number of nitrogen functional groups attached to an aromatic ring is 1. The van der Waals surface area contributed by atoms with Crippen molar-refractivity contribution in [1.82, 2.24) is 10.3 Å². The summed E-state index contributed by atoms with van der Waals surface area (Å²) in [7, 11) is 0. The van der Waals surface area contributed by atoms with E-state index in [-0.39, 0.29) is 18.5 Å². The summed E-state index contributed by atoms with van der Waals surface area (Å²) >= 11 is 0. The molecule has 0 saturated carbocycles. The Balaban J connectivity index is 2.15. The molecule has 0 saturated heterocycles. The van der Waals surface area contributed by atoms with Crippen LogP contribution in [0, 0.1) is 0 Å². The van der Waals surface area contributed by atoms with Gasteiger partial charge in [-0.2, -0.15) is 0 Å². The molecule has 5 heteroatoms. The van der Waals surface area contributed by atoms with Gasteiger partial charge in [0.15, 0.2) is 0 Å². The highest BCUT2D eigenvalue weighted by Crippen LogP contribution is 2.22. The van der Waals surface area contributed by atoms with Crippen LogP contribution in [-0.2, 0) is 4.79 Å². The molecule has 0 atom stereocenters. The van der Waals surface area contributed by atoms with Gasteiger partial charge in [0.1, 0.15) is 0 Å². The number of aromatic nitrogens is 1. The summed E-state index contributed by atoms with van der Waals surface area (Å²) in [5.74, 6) is -0.0320. The normalized spacial score (nSPS) is 10.7. The molecule has 1 heterocycles. The first-order valence-corrected chi connectivity index (χ1v) is 6.24. The van der Waals surface area contributed by atoms with Crippen LogP contribution in [0.5, 0.6) is 0 Å². The molecule has 0 unspecified atom stereocenters. The van der Waals surface area contributed by atoms with Gasteiger partial charge in [0.25, 0.3) is 0 Å². The number of nitrogens with two attached hydrogens (primary N) is 1. The van der Waals surface area contributed by atoms with Gasteiger partial charge in [-0.15, -0.1) is 0 Å². The fourth-order valence-electron chi connectivity index (χ4n) is 1.87. The summed E-state index contributed by atoms with van der Waals surface area (Å²) < 4.78 is 0. The van der Waals surface area contributed by atoms with Crippen molar-refractivity contribution in [3.63, 3.8) is 0 Å². The number of pyridine rings is 1. The monoisotopic (exact) mass is 258 g/mol. The quantitative estimate of drug-likeness (QED) is 0.730. The Hall–Kier alpha value is -2.30. The second-order valence-electron chi connectivity index (χ2n) is 4.71. The molecular weight excluding hydrogens is 240 g/mol. The van der Waals surface area contributed by atoms with Crippen LogP contribution in [0.25, 0.3) is 10.9 Å². The number of nitrogens with one attached hydrogen (secondary N) is 2. The maximum Gasteiger partial charge on any atom is 0.239 e. The average molecular weight is 258 g/mol. The highest BCUT2D eigenvalue weighted by molar-refractivity contribution is 5.94. The lowest BCUT2D eigenvalue weighted by molar-refractivity contribution is -0.119. The molecule has 19 heavy (non-hydrogen) atoms. The zero-order valence-electron chi connectivity index (χ0n) is 11.1. The zero-order valence-corrected chi connectivity index (χ0v) is 11.1. The Morgan fingerprint density at radius 2 is 2.16 bits per heavy atom. The largest absolute Gasteiger partial charge is 0.399 e. The summed E-state index contributed by atoms with van der Waals surface area (Å²) in [5, 5.41) is 6.91. The van der Waals surface area contributed by atoms with Crippen LogP contribution in [0.15, 0.2) is 30.5 Å². The third-order valence-electron chi connectivity index (χ3n) is 2.66. The summed E-state index contributed by atoms with van der Waals surface area (Å²) in [6.07, 6.45) is 1.70. The fraction of sp³-hybridized carbons (Fsp3) is 0.286. The van der Waals surface area contributed by atoms with Crippen LogP contribution in [0.2, 0.25) is 0 Å². The number of amides is 1. The van der Waals surface area contributed by atoms with Gasteiger partial charge in [-0.1, -0.05) is 0 Å². The maximum absolute atomic E-state index is 11.6. The van der Waals surface area contributed by atoms with Gasteiger partial charge >= 0.3 is 0 Å². The van der Waals surface area contributed by atoms with E-state index in [1.54, 1.807) is 6.20 Å². The first-order valence-electron chi connectivity index (χ1n) is 6.24. The molecule has 2 rings (SSSR count). The molecule has 4 N–H and O–H groups in total. The van der Waals surface area contributed by atoms with Gasteiger partial charge in [-0.25, -0.2) is 0 Å². The van der Waals surface area contributed by atoms with Gasteiger partial charge in [-0.3, -0.25) is 9.78 Å². The predicted molar refractivity (Wildman–Crippen MR) is 77.9 cm³/mol. The van der Waals surface area contributed by atoms with Crippen LogP contribution in [-0.4, -0.2) is 23.5 Å². The van der Waals surface area contributed by atoms with E-state index in [1.165, 1.54) is 0 Å². The molecule has 1 aromatic carbocycles. The average Bonchev–Trinajstić information content (AvgIpc) is 2.35. The Morgan fingerprint density at radius 1 is 1.37 bits per heavy atom. The van der Waals surface area contributed by atoms with Crippen LogP contribution in [0.1, 0.15) is 13.8 Å². The van der Waals surface area contributed by atoms with Crippen molar-refractivity contribution in [3.8, 4) is 0 Å². The molecule has 0 radical (unpaired) electrons. The molecule has 100 valence electrons. The number of benzene rings is 1. The van der Waals surface area contributed by atoms with Crippen molar-refractivity contribution in [2.45, 2.75) is 19.9 Å². The maximum atomic E-state index is 11.6. The minimum Gasteiger partial charge on any atom is -0.399 e. The molecule has 0 spiro atoms. The molecular formula is C14H18N4O. The number of hydrogen-bond donors (Lipinski definition) is 3. The lowest BCUT2D eigenvalue weighted by Crippen LogP contribution is -2.34. The molecule has 5 nitrogen and oxygen atoms in total. The number of rotatable bonds is 4. The second kappa shape index (κ2) is 5.56. The van der Waals surface area contributed by atoms with Crippen molar-refractivity contribution < 1.29 is 4.79 Å². The minimum atomic E-state index is -0.0320. The summed E-state index contributed by atoms with van der Waals surface area (Å²) in [6, 6.07) is 7.53. The van der Waals surface area contributed by atoms with E-state index in [0.717, 1.165) is 16.6 Å². The standard InChI is InChI=1S/C14H18N4O/c1-9(2)18-14(19)8-17-12-5-6-16-13-7-10(15)3-4-11(12)13/h3-7,9H,8,15H2,1-2H3,(H,16,17)(H,18,19). The summed E-state index contributed by atoms with van der Waals surface area (Å²) in [4.78, 5) is 15.9. The third-order valence-corrected chi connectivity index (χ3v) is 2.66. The molecule has 0 aliphatic carbocycles. The van der Waals surface area contributed by atoms with Crippen molar-refractivity contribution >= 4 is 28.2 Å². The van der Waals surface area contributed by atoms with Gasteiger partial charge in [0.2, 0.25) is 5.91 Å². The Morgan fingerprint density at radius 3 is 2.89 bits per heavy atom. The lowest BCUT2D eigenvalue weighted by atomic mass is 10.1. The highest BCUT2D eigenvalue weighted by Gasteiger charge is 2.05. The van der Waals surface area contributed by atoms with E-state index in [0.29, 0.717) is 5.69 Å². The first kappa shape index (κ1) is 13.1. The van der Waals surface area contributed by atoms with Crippen LogP contribution in [0.3, 0.4) is 0 Å². The van der Waals surface area contributed by atoms with E-state index in [2.05, 4.69) is 15.6 Å². The smallest absolute Gasteiger partial charge is 0.239 e. The fourth-order valence-corrected chi connectivity index (χ4v) is 1.87. The molecule has 1 aromatic heterocycles. The van der Waals surface area contributed by atoms with Crippen LogP contribution >= 0.6 is 0 Å². The van der Waals surface area contributed by atoms with Crippen molar-refractivity contribution in [2.75, 3.05) is 17.6 Å². The molecule has 2 aromatic rings. The lowest BCUT2D eigenvalue weighted by Gasteiger charge is -2.11. The first-order chi connectivity index (χ1) is 9.06. The van der Waals surface area contributed by atoms with E-state index < -0.39 is 0 Å². The van der Waals surface area contributed by atoms with Gasteiger partial charge in [-0.05, 0) is 38.1 Å². The number of nitrogens with zero attached hydrogens (tertiary/aromatic N) is 1. The third kappa shape index (κ3) is 3.34. The molecule has 0 aliphatic rings. The predicted octanol–water partition coefficient (Wildman–Crippen LogP) is 1.75. The van der Waals surface area contributed by atoms with E-state index in [9.17, 15) is 4.79 Å². The van der Waals surface area contributed by atoms with Gasteiger partial charge in [0, 0.05) is 29.0 Å². The highest BCUT2D eigenvalue weighted by atomic mass is 16.1. The number of anilines is 2. The van der Waals surface area contributed by atoms with Gasteiger partial charge in [0.05, 0.1) is 12.1 Å². The SMILES string of the molecule is CC(C)NC(=O)CNc1ccnc2cc(N)ccc12. The molecule has 1 amide bonds. The number of fused-ring (bicyclic) bond motifs is 1. The van der Waals surface area contributed by atoms with E-state index >= 15 is 0 Å². The van der Waals surface area contributed by atoms with Crippen LogP contribution < -0.4 is 16.4 Å². The minimum absolute atomic E-state index is 0.0320. The van der Waals surface area contributed by atoms with Crippen molar-refractivity contribution in [1.29, 1.82) is 0 Å². The Labute approximate surface area is 112 Å². The summed E-state index contributed by atoms with van der Waals surface area (Å²) in [6.45, 7) is 4.10. The Bertz CT molecular complexity index is 595.